The lowest BCUT2D eigenvalue weighted by Crippen LogP contribution is -2.13. The second-order valence-electron chi connectivity index (χ2n) is 5.94. The number of nitrogen functional groups attached to an aromatic ring is 1. The van der Waals surface area contributed by atoms with Crippen LogP contribution in [0.15, 0.2) is 71.9 Å². The number of aromatic nitrogens is 1. The number of non-ortho nitro benzene ring substituents is 1. The molecule has 2 aromatic carbocycles. The van der Waals surface area contributed by atoms with Crippen LogP contribution in [0.2, 0.25) is 0 Å². The number of hydrogen-bond acceptors (Lipinski definition) is 9. The zero-order valence-corrected chi connectivity index (χ0v) is 17.3. The number of nitro groups is 1. The summed E-state index contributed by atoms with van der Waals surface area (Å²) in [4.78, 5) is 25.7. The molecule has 31 heavy (non-hydrogen) atoms. The van der Waals surface area contributed by atoms with E-state index < -0.39 is 25.6 Å². The van der Waals surface area contributed by atoms with Gasteiger partial charge < -0.3 is 14.7 Å². The molecule has 162 valence electrons. The highest BCUT2D eigenvalue weighted by atomic mass is 35.5. The number of nitro benzene ring substituents is 1. The van der Waals surface area contributed by atoms with Crippen LogP contribution in [0.3, 0.4) is 0 Å². The number of rotatable bonds is 8. The second kappa shape index (κ2) is 9.87. The summed E-state index contributed by atoms with van der Waals surface area (Å²) in [5.74, 6) is 0.00765. The highest BCUT2D eigenvalue weighted by Crippen LogP contribution is 2.27. The first-order valence-electron chi connectivity index (χ1n) is 8.41. The van der Waals surface area contributed by atoms with Crippen LogP contribution in [0, 0.1) is 10.1 Å². The molecule has 3 rings (SSSR count). The van der Waals surface area contributed by atoms with Gasteiger partial charge in [-0.1, -0.05) is 0 Å². The van der Waals surface area contributed by atoms with Crippen molar-refractivity contribution >= 4 is 39.7 Å². The highest BCUT2D eigenvalue weighted by molar-refractivity contribution is 7.87. The van der Waals surface area contributed by atoms with Crippen LogP contribution in [-0.4, -0.2) is 30.7 Å². The number of halogens is 1. The fourth-order valence-electron chi connectivity index (χ4n) is 2.39. The smallest absolute Gasteiger partial charge is 0.341 e. The molecule has 0 aliphatic heterocycles. The van der Waals surface area contributed by atoms with E-state index in [2.05, 4.69) is 4.98 Å². The number of ether oxygens (including phenoxy) is 1. The fourth-order valence-corrected chi connectivity index (χ4v) is 3.46. The van der Waals surface area contributed by atoms with E-state index in [0.717, 1.165) is 18.2 Å². The Morgan fingerprint density at radius 1 is 1.10 bits per heavy atom. The molecule has 2 N–H and O–H groups in total. The number of nitrogens with zero attached hydrogens (tertiary/aromatic N) is 2. The fraction of sp³-hybridized carbons (Fsp3) is 0.0526. The van der Waals surface area contributed by atoms with E-state index in [0.29, 0.717) is 5.75 Å². The molecule has 0 atom stereocenters. The Hall–Kier alpha value is -3.70. The SMILES string of the molecule is Cl.Nc1ccc([N+](=O)[O-])cc1S(=O)(=O)Oc1ccc(C(=O)COc2cccnc2)cc1. The molecule has 12 heteroatoms. The Balaban J connectivity index is 0.00000341. The summed E-state index contributed by atoms with van der Waals surface area (Å²) in [6.45, 7) is -0.228. The predicted octanol–water partition coefficient (Wildman–Crippen LogP) is 3.02. The monoisotopic (exact) mass is 465 g/mol. The summed E-state index contributed by atoms with van der Waals surface area (Å²) < 4.78 is 35.2. The normalized spacial score (nSPS) is 10.6. The topological polar surface area (TPSA) is 152 Å². The van der Waals surface area contributed by atoms with Gasteiger partial charge in [0.15, 0.2) is 12.4 Å². The Morgan fingerprint density at radius 2 is 1.81 bits per heavy atom. The molecule has 0 saturated heterocycles. The molecule has 0 saturated carbocycles. The Bertz CT molecular complexity index is 1190. The van der Waals surface area contributed by atoms with Crippen molar-refractivity contribution in [3.05, 3.63) is 82.7 Å². The molecule has 1 aromatic heterocycles. The van der Waals surface area contributed by atoms with Crippen molar-refractivity contribution in [3.63, 3.8) is 0 Å². The molecular weight excluding hydrogens is 450 g/mol. The van der Waals surface area contributed by atoms with Crippen molar-refractivity contribution in [2.45, 2.75) is 4.90 Å². The zero-order valence-electron chi connectivity index (χ0n) is 15.7. The van der Waals surface area contributed by atoms with E-state index in [4.69, 9.17) is 14.7 Å². The van der Waals surface area contributed by atoms with Gasteiger partial charge in [0.1, 0.15) is 16.4 Å². The number of carbonyl (C=O) groups is 1. The number of pyridine rings is 1. The third-order valence-corrected chi connectivity index (χ3v) is 5.17. The maximum atomic E-state index is 12.5. The molecule has 0 bridgehead atoms. The van der Waals surface area contributed by atoms with Crippen molar-refractivity contribution in [1.82, 2.24) is 4.98 Å². The van der Waals surface area contributed by atoms with Gasteiger partial charge in [-0.05, 0) is 42.5 Å². The average molecular weight is 466 g/mol. The van der Waals surface area contributed by atoms with E-state index >= 15 is 0 Å². The molecule has 0 radical (unpaired) electrons. The van der Waals surface area contributed by atoms with Crippen LogP contribution in [0.5, 0.6) is 11.5 Å². The average Bonchev–Trinajstić information content (AvgIpc) is 2.73. The minimum atomic E-state index is -4.43. The van der Waals surface area contributed by atoms with Gasteiger partial charge in [0.25, 0.3) is 5.69 Å². The quantitative estimate of drug-likeness (QED) is 0.174. The number of carbonyl (C=O) groups excluding carboxylic acids is 1. The van der Waals surface area contributed by atoms with E-state index in [1.54, 1.807) is 18.3 Å². The number of hydrogen-bond donors (Lipinski definition) is 1. The lowest BCUT2D eigenvalue weighted by atomic mass is 10.1. The standard InChI is InChI=1S/C19H15N3O7S.ClH/c20-17-8-5-14(22(24)25)10-19(17)30(26,27)29-15-6-3-13(4-7-15)18(23)12-28-16-2-1-9-21-11-16;/h1-11H,12,20H2;1H. The first-order chi connectivity index (χ1) is 14.3. The summed E-state index contributed by atoms with van der Waals surface area (Å²) in [6, 6.07) is 11.6. The Kier molecular flexibility index (Phi) is 7.51. The van der Waals surface area contributed by atoms with Crippen molar-refractivity contribution in [2.75, 3.05) is 12.3 Å². The summed E-state index contributed by atoms with van der Waals surface area (Å²) >= 11 is 0. The van der Waals surface area contributed by atoms with Gasteiger partial charge in [-0.2, -0.15) is 8.42 Å². The lowest BCUT2D eigenvalue weighted by molar-refractivity contribution is -0.385. The summed E-state index contributed by atoms with van der Waals surface area (Å²) in [5, 5.41) is 10.9. The zero-order chi connectivity index (χ0) is 21.7. The van der Waals surface area contributed by atoms with E-state index in [9.17, 15) is 23.3 Å². The van der Waals surface area contributed by atoms with Crippen molar-refractivity contribution in [1.29, 1.82) is 0 Å². The highest BCUT2D eigenvalue weighted by Gasteiger charge is 2.23. The van der Waals surface area contributed by atoms with Gasteiger partial charge >= 0.3 is 10.1 Å². The van der Waals surface area contributed by atoms with Gasteiger partial charge in [0.05, 0.1) is 16.8 Å². The first kappa shape index (κ1) is 23.6. The van der Waals surface area contributed by atoms with Crippen molar-refractivity contribution in [3.8, 4) is 11.5 Å². The molecule has 3 aromatic rings. The maximum absolute atomic E-state index is 12.5. The summed E-state index contributed by atoms with van der Waals surface area (Å²) in [6.07, 6.45) is 3.04. The maximum Gasteiger partial charge on any atom is 0.341 e. The molecule has 10 nitrogen and oxygen atoms in total. The summed E-state index contributed by atoms with van der Waals surface area (Å²) in [7, 11) is -4.43. The Labute approximate surface area is 183 Å². The molecule has 0 fully saturated rings. The molecule has 0 aliphatic carbocycles. The van der Waals surface area contributed by atoms with Crippen LogP contribution in [0.25, 0.3) is 0 Å². The Morgan fingerprint density at radius 3 is 2.42 bits per heavy atom. The van der Waals surface area contributed by atoms with Gasteiger partial charge in [0, 0.05) is 23.9 Å². The molecular formula is C19H16ClN3O7S. The van der Waals surface area contributed by atoms with Crippen LogP contribution in [0.1, 0.15) is 10.4 Å². The van der Waals surface area contributed by atoms with E-state index in [1.807, 2.05) is 0 Å². The first-order valence-corrected chi connectivity index (χ1v) is 9.81. The number of Topliss-reactive ketones (excluding diaryl/α,β-unsaturated/α-hetero) is 1. The molecule has 1 heterocycles. The van der Waals surface area contributed by atoms with Crippen molar-refractivity contribution in [2.24, 2.45) is 0 Å². The number of benzene rings is 2. The van der Waals surface area contributed by atoms with Crippen LogP contribution in [-0.2, 0) is 10.1 Å². The van der Waals surface area contributed by atoms with E-state index in [1.165, 1.54) is 30.5 Å². The largest absolute Gasteiger partial charge is 0.484 e. The third kappa shape index (κ3) is 5.90. The number of anilines is 1. The van der Waals surface area contributed by atoms with Gasteiger partial charge in [-0.3, -0.25) is 19.9 Å². The van der Waals surface area contributed by atoms with Gasteiger partial charge in [-0.15, -0.1) is 12.4 Å². The number of nitrogens with two attached hydrogens (primary N) is 1. The minimum Gasteiger partial charge on any atom is -0.484 e. The lowest BCUT2D eigenvalue weighted by Gasteiger charge is -2.10. The number of ketones is 1. The third-order valence-electron chi connectivity index (χ3n) is 3.86. The molecule has 0 unspecified atom stereocenters. The molecule has 0 spiro atoms. The van der Waals surface area contributed by atoms with Crippen LogP contribution in [0.4, 0.5) is 11.4 Å². The van der Waals surface area contributed by atoms with Crippen LogP contribution < -0.4 is 14.7 Å². The van der Waals surface area contributed by atoms with Crippen molar-refractivity contribution < 1.29 is 27.1 Å². The van der Waals surface area contributed by atoms with E-state index in [-0.39, 0.29) is 41.8 Å². The molecule has 0 amide bonds. The summed E-state index contributed by atoms with van der Waals surface area (Å²) in [5.41, 5.74) is 5.27. The van der Waals surface area contributed by atoms with Gasteiger partial charge in [0.2, 0.25) is 0 Å². The second-order valence-corrected chi connectivity index (χ2v) is 7.46. The molecule has 0 aliphatic rings. The van der Waals surface area contributed by atoms with Gasteiger partial charge in [-0.25, -0.2) is 0 Å². The minimum absolute atomic E-state index is 0. The van der Waals surface area contributed by atoms with Crippen LogP contribution >= 0.6 is 12.4 Å². The predicted molar refractivity (Wildman–Crippen MR) is 113 cm³/mol.